The van der Waals surface area contributed by atoms with Gasteiger partial charge in [-0.1, -0.05) is 32.9 Å². The van der Waals surface area contributed by atoms with Gasteiger partial charge in [0.05, 0.1) is 19.2 Å². The first kappa shape index (κ1) is 12.9. The van der Waals surface area contributed by atoms with E-state index in [1.807, 2.05) is 0 Å². The van der Waals surface area contributed by atoms with Crippen molar-refractivity contribution in [1.82, 2.24) is 0 Å². The van der Waals surface area contributed by atoms with E-state index in [2.05, 4.69) is 56.0 Å². The molecule has 0 aromatic heterocycles. The molecule has 3 nitrogen and oxygen atoms in total. The third-order valence-corrected chi connectivity index (χ3v) is 3.31. The van der Waals surface area contributed by atoms with Crippen molar-refractivity contribution in [2.75, 3.05) is 24.6 Å². The minimum atomic E-state index is -0.305. The van der Waals surface area contributed by atoms with Gasteiger partial charge in [-0.3, -0.25) is 0 Å². The van der Waals surface area contributed by atoms with Crippen LogP contribution in [0.2, 0.25) is 0 Å². The summed E-state index contributed by atoms with van der Waals surface area (Å²) in [7, 11) is 0. The van der Waals surface area contributed by atoms with E-state index in [9.17, 15) is 0 Å². The van der Waals surface area contributed by atoms with Crippen LogP contribution in [0.15, 0.2) is 24.3 Å². The maximum Gasteiger partial charge on any atom is 0.161 e. The SMILES string of the molecule is CC(C)(C)c1ccc(N2CCOC(C#N)C2)cc1. The minimum Gasteiger partial charge on any atom is -0.366 e. The van der Waals surface area contributed by atoms with Crippen LogP contribution in [0, 0.1) is 11.3 Å². The first-order valence-electron chi connectivity index (χ1n) is 6.37. The highest BCUT2D eigenvalue weighted by molar-refractivity contribution is 5.49. The van der Waals surface area contributed by atoms with Crippen LogP contribution in [0.5, 0.6) is 0 Å². The van der Waals surface area contributed by atoms with Crippen LogP contribution in [0.4, 0.5) is 5.69 Å². The molecule has 1 fully saturated rings. The van der Waals surface area contributed by atoms with E-state index < -0.39 is 0 Å². The summed E-state index contributed by atoms with van der Waals surface area (Å²) in [5.41, 5.74) is 2.68. The standard InChI is InChI=1S/C15H20N2O/c1-15(2,3)12-4-6-13(7-5-12)17-8-9-18-14(10-16)11-17/h4-7,14H,8-9,11H2,1-3H3. The molecule has 0 saturated carbocycles. The molecule has 1 saturated heterocycles. The summed E-state index contributed by atoms with van der Waals surface area (Å²) in [6.07, 6.45) is -0.305. The molecule has 96 valence electrons. The average Bonchev–Trinajstić information content (AvgIpc) is 2.38. The monoisotopic (exact) mass is 244 g/mol. The molecule has 0 amide bonds. The van der Waals surface area contributed by atoms with Crippen LogP contribution in [0.3, 0.4) is 0 Å². The van der Waals surface area contributed by atoms with E-state index in [1.54, 1.807) is 0 Å². The number of hydrogen-bond acceptors (Lipinski definition) is 3. The lowest BCUT2D eigenvalue weighted by atomic mass is 9.87. The first-order chi connectivity index (χ1) is 8.50. The van der Waals surface area contributed by atoms with Gasteiger partial charge in [0.2, 0.25) is 0 Å². The van der Waals surface area contributed by atoms with Gasteiger partial charge in [0.15, 0.2) is 6.10 Å². The van der Waals surface area contributed by atoms with Crippen molar-refractivity contribution in [3.05, 3.63) is 29.8 Å². The van der Waals surface area contributed by atoms with Crippen LogP contribution in [-0.2, 0) is 10.2 Å². The van der Waals surface area contributed by atoms with Crippen molar-refractivity contribution in [2.24, 2.45) is 0 Å². The topological polar surface area (TPSA) is 36.3 Å². The number of nitriles is 1. The summed E-state index contributed by atoms with van der Waals surface area (Å²) < 4.78 is 5.35. The largest absolute Gasteiger partial charge is 0.366 e. The lowest BCUT2D eigenvalue weighted by molar-refractivity contribution is 0.0764. The Balaban J connectivity index is 2.12. The zero-order valence-electron chi connectivity index (χ0n) is 11.3. The van der Waals surface area contributed by atoms with Crippen molar-refractivity contribution >= 4 is 5.69 Å². The second-order valence-electron chi connectivity index (χ2n) is 5.73. The molecule has 1 heterocycles. The van der Waals surface area contributed by atoms with Gasteiger partial charge < -0.3 is 9.64 Å². The van der Waals surface area contributed by atoms with Crippen molar-refractivity contribution < 1.29 is 4.74 Å². The lowest BCUT2D eigenvalue weighted by Crippen LogP contribution is -2.41. The smallest absolute Gasteiger partial charge is 0.161 e. The van der Waals surface area contributed by atoms with Gasteiger partial charge in [0.25, 0.3) is 0 Å². The van der Waals surface area contributed by atoms with Gasteiger partial charge in [0, 0.05) is 12.2 Å². The van der Waals surface area contributed by atoms with E-state index in [1.165, 1.54) is 11.3 Å². The normalized spacial score (nSPS) is 20.6. The zero-order chi connectivity index (χ0) is 13.2. The van der Waals surface area contributed by atoms with Gasteiger partial charge in [0.1, 0.15) is 0 Å². The summed E-state index contributed by atoms with van der Waals surface area (Å²) in [5.74, 6) is 0. The average molecular weight is 244 g/mol. The van der Waals surface area contributed by atoms with Crippen LogP contribution in [0.1, 0.15) is 26.3 Å². The van der Waals surface area contributed by atoms with Crippen LogP contribution < -0.4 is 4.90 Å². The first-order valence-corrected chi connectivity index (χ1v) is 6.37. The van der Waals surface area contributed by atoms with Gasteiger partial charge in [-0.05, 0) is 23.1 Å². The Morgan fingerprint density at radius 1 is 1.28 bits per heavy atom. The maximum absolute atomic E-state index is 8.90. The number of nitrogens with zero attached hydrogens (tertiary/aromatic N) is 2. The predicted molar refractivity (Wildman–Crippen MR) is 72.7 cm³/mol. The second kappa shape index (κ2) is 4.99. The Bertz CT molecular complexity index is 439. The van der Waals surface area contributed by atoms with Gasteiger partial charge >= 0.3 is 0 Å². The molecule has 1 aliphatic heterocycles. The fraction of sp³-hybridized carbons (Fsp3) is 0.533. The molecule has 0 bridgehead atoms. The van der Waals surface area contributed by atoms with Gasteiger partial charge in [-0.25, -0.2) is 0 Å². The highest BCUT2D eigenvalue weighted by atomic mass is 16.5. The molecule has 0 radical (unpaired) electrons. The molecule has 1 aliphatic rings. The molecule has 1 aromatic rings. The fourth-order valence-electron chi connectivity index (χ4n) is 2.13. The summed E-state index contributed by atoms with van der Waals surface area (Å²) >= 11 is 0. The highest BCUT2D eigenvalue weighted by Crippen LogP contribution is 2.25. The summed E-state index contributed by atoms with van der Waals surface area (Å²) in [6, 6.07) is 10.8. The molecule has 18 heavy (non-hydrogen) atoms. The van der Waals surface area contributed by atoms with E-state index in [0.717, 1.165) is 6.54 Å². The Morgan fingerprint density at radius 2 is 1.94 bits per heavy atom. The zero-order valence-corrected chi connectivity index (χ0v) is 11.3. The number of benzene rings is 1. The number of rotatable bonds is 1. The van der Waals surface area contributed by atoms with Crippen molar-refractivity contribution in [2.45, 2.75) is 32.3 Å². The molecule has 0 N–H and O–H groups in total. The number of hydrogen-bond donors (Lipinski definition) is 0. The molecule has 0 aliphatic carbocycles. The second-order valence-corrected chi connectivity index (χ2v) is 5.73. The summed E-state index contributed by atoms with van der Waals surface area (Å²) in [6.45, 7) is 8.77. The third-order valence-electron chi connectivity index (χ3n) is 3.31. The fourth-order valence-corrected chi connectivity index (χ4v) is 2.13. The number of morpholine rings is 1. The Labute approximate surface area is 109 Å². The van der Waals surface area contributed by atoms with Gasteiger partial charge in [-0.2, -0.15) is 5.26 Å². The quantitative estimate of drug-likeness (QED) is 0.762. The van der Waals surface area contributed by atoms with Crippen molar-refractivity contribution in [3.63, 3.8) is 0 Å². The Morgan fingerprint density at radius 3 is 2.50 bits per heavy atom. The van der Waals surface area contributed by atoms with E-state index in [4.69, 9.17) is 10.00 Å². The molecule has 1 unspecified atom stereocenters. The molecule has 1 atom stereocenters. The van der Waals surface area contributed by atoms with Crippen molar-refractivity contribution in [1.29, 1.82) is 5.26 Å². The van der Waals surface area contributed by atoms with E-state index >= 15 is 0 Å². The highest BCUT2D eigenvalue weighted by Gasteiger charge is 2.20. The number of anilines is 1. The van der Waals surface area contributed by atoms with E-state index in [-0.39, 0.29) is 11.5 Å². The van der Waals surface area contributed by atoms with Gasteiger partial charge in [-0.15, -0.1) is 0 Å². The van der Waals surface area contributed by atoms with Crippen LogP contribution >= 0.6 is 0 Å². The molecule has 1 aromatic carbocycles. The lowest BCUT2D eigenvalue weighted by Gasteiger charge is -2.32. The number of ether oxygens (including phenoxy) is 1. The Kier molecular flexibility index (Phi) is 3.58. The van der Waals surface area contributed by atoms with E-state index in [0.29, 0.717) is 13.2 Å². The van der Waals surface area contributed by atoms with Crippen molar-refractivity contribution in [3.8, 4) is 6.07 Å². The molecule has 0 spiro atoms. The van der Waals surface area contributed by atoms with Crippen LogP contribution in [-0.4, -0.2) is 25.8 Å². The molecule has 2 rings (SSSR count). The third kappa shape index (κ3) is 2.83. The molecular formula is C15H20N2O. The summed E-state index contributed by atoms with van der Waals surface area (Å²) in [5, 5.41) is 8.90. The molecule has 3 heteroatoms. The predicted octanol–water partition coefficient (Wildman–Crippen LogP) is 2.71. The van der Waals surface area contributed by atoms with Crippen LogP contribution in [0.25, 0.3) is 0 Å². The summed E-state index contributed by atoms with van der Waals surface area (Å²) in [4.78, 5) is 2.21. The Hall–Kier alpha value is -1.53. The maximum atomic E-state index is 8.90. The minimum absolute atomic E-state index is 0.179. The molecular weight excluding hydrogens is 224 g/mol.